The summed E-state index contributed by atoms with van der Waals surface area (Å²) in [4.78, 5) is 0. The number of hydrogen-bond donors (Lipinski definition) is 2. The lowest BCUT2D eigenvalue weighted by Gasteiger charge is -2.02. The lowest BCUT2D eigenvalue weighted by Crippen LogP contribution is -2.15. The van der Waals surface area contributed by atoms with Gasteiger partial charge in [0.2, 0.25) is 0 Å². The van der Waals surface area contributed by atoms with Gasteiger partial charge < -0.3 is 10.3 Å². The molecule has 0 saturated heterocycles. The largest absolute Gasteiger partial charge is 0.411 e. The molecule has 3 heteroatoms. The molecule has 1 atom stereocenters. The number of rotatable bonds is 2. The highest BCUT2D eigenvalue weighted by atomic mass is 16.4. The van der Waals surface area contributed by atoms with Gasteiger partial charge in [0.05, 0.1) is 11.8 Å². The Labute approximate surface area is 48.6 Å². The minimum absolute atomic E-state index is 0.368. The predicted molar refractivity (Wildman–Crippen MR) is 31.2 cm³/mol. The summed E-state index contributed by atoms with van der Waals surface area (Å²) < 4.78 is 0. The van der Waals surface area contributed by atoms with E-state index in [0.717, 1.165) is 0 Å². The molecule has 0 aromatic carbocycles. The van der Waals surface area contributed by atoms with Crippen LogP contribution in [0.5, 0.6) is 0 Å². The van der Waals surface area contributed by atoms with E-state index in [1.165, 1.54) is 0 Å². The van der Waals surface area contributed by atoms with Crippen LogP contribution in [0, 0.1) is 0 Å². The molecule has 0 amide bonds. The van der Waals surface area contributed by atoms with Crippen molar-refractivity contribution in [3.8, 4) is 0 Å². The molecule has 0 aliphatic rings. The van der Waals surface area contributed by atoms with Gasteiger partial charge in [-0.15, -0.1) is 0 Å². The molecule has 3 nitrogen and oxygen atoms in total. The van der Waals surface area contributed by atoms with Gasteiger partial charge in [-0.05, 0) is 13.3 Å². The zero-order valence-electron chi connectivity index (χ0n) is 5.13. The number of aliphatic hydroxyl groups excluding tert-OH is 1. The second kappa shape index (κ2) is 3.43. The average Bonchev–Trinajstić information content (AvgIpc) is 1.84. The van der Waals surface area contributed by atoms with Crippen LogP contribution in [-0.2, 0) is 0 Å². The van der Waals surface area contributed by atoms with E-state index in [2.05, 4.69) is 5.16 Å². The van der Waals surface area contributed by atoms with E-state index in [1.807, 2.05) is 6.92 Å². The third-order valence-corrected chi connectivity index (χ3v) is 1.03. The van der Waals surface area contributed by atoms with E-state index in [-0.39, 0.29) is 0 Å². The van der Waals surface area contributed by atoms with Gasteiger partial charge in [0.25, 0.3) is 0 Å². The maximum atomic E-state index is 8.84. The Bertz CT molecular complexity index is 90.4. The molecule has 0 bridgehead atoms. The Morgan fingerprint density at radius 1 is 1.75 bits per heavy atom. The Balaban J connectivity index is 3.63. The quantitative estimate of drug-likeness (QED) is 0.316. The number of hydrogen-bond acceptors (Lipinski definition) is 3. The zero-order chi connectivity index (χ0) is 6.57. The van der Waals surface area contributed by atoms with Gasteiger partial charge in [-0.1, -0.05) is 12.1 Å². The van der Waals surface area contributed by atoms with Crippen LogP contribution in [0.2, 0.25) is 0 Å². The molecule has 2 N–H and O–H groups in total. The van der Waals surface area contributed by atoms with Gasteiger partial charge in [-0.3, -0.25) is 0 Å². The standard InChI is InChI=1S/C5H11NO2/c1-3-5(7)4(2)6-8/h5,7-8H,3H2,1-2H3/b6-4-. The first-order chi connectivity index (χ1) is 3.72. The second-order valence-electron chi connectivity index (χ2n) is 1.67. The summed E-state index contributed by atoms with van der Waals surface area (Å²) in [6.45, 7) is 3.40. The van der Waals surface area contributed by atoms with Crippen LogP contribution in [0.4, 0.5) is 0 Å². The van der Waals surface area contributed by atoms with Crippen molar-refractivity contribution in [1.29, 1.82) is 0 Å². The molecule has 0 fully saturated rings. The van der Waals surface area contributed by atoms with E-state index < -0.39 is 6.10 Å². The fourth-order valence-electron chi connectivity index (χ4n) is 0.362. The Hall–Kier alpha value is -0.570. The van der Waals surface area contributed by atoms with Gasteiger partial charge in [0.15, 0.2) is 0 Å². The summed E-state index contributed by atoms with van der Waals surface area (Å²) in [5, 5.41) is 19.7. The maximum absolute atomic E-state index is 8.84. The molecule has 8 heavy (non-hydrogen) atoms. The molecule has 0 aromatic heterocycles. The molecule has 0 spiro atoms. The lowest BCUT2D eigenvalue weighted by atomic mass is 10.2. The van der Waals surface area contributed by atoms with Gasteiger partial charge in [0.1, 0.15) is 0 Å². The summed E-state index contributed by atoms with van der Waals surface area (Å²) >= 11 is 0. The molecule has 1 unspecified atom stereocenters. The minimum atomic E-state index is -0.583. The summed E-state index contributed by atoms with van der Waals surface area (Å²) in [5.41, 5.74) is 0.368. The van der Waals surface area contributed by atoms with Crippen LogP contribution in [0.1, 0.15) is 20.3 Å². The maximum Gasteiger partial charge on any atom is 0.0948 e. The van der Waals surface area contributed by atoms with Crippen molar-refractivity contribution in [2.45, 2.75) is 26.4 Å². The Kier molecular flexibility index (Phi) is 3.19. The fraction of sp³-hybridized carbons (Fsp3) is 0.800. The highest BCUT2D eigenvalue weighted by Crippen LogP contribution is 1.91. The van der Waals surface area contributed by atoms with E-state index >= 15 is 0 Å². The first-order valence-electron chi connectivity index (χ1n) is 2.59. The monoisotopic (exact) mass is 117 g/mol. The summed E-state index contributed by atoms with van der Waals surface area (Å²) in [6, 6.07) is 0. The van der Waals surface area contributed by atoms with E-state index in [9.17, 15) is 0 Å². The summed E-state index contributed by atoms with van der Waals surface area (Å²) in [7, 11) is 0. The van der Waals surface area contributed by atoms with Crippen molar-refractivity contribution >= 4 is 5.71 Å². The lowest BCUT2D eigenvalue weighted by molar-refractivity contribution is 0.225. The average molecular weight is 117 g/mol. The van der Waals surface area contributed by atoms with Gasteiger partial charge in [-0.25, -0.2) is 0 Å². The fourth-order valence-corrected chi connectivity index (χ4v) is 0.362. The topological polar surface area (TPSA) is 52.8 Å². The van der Waals surface area contributed by atoms with Crippen LogP contribution in [0.3, 0.4) is 0 Å². The minimum Gasteiger partial charge on any atom is -0.411 e. The highest BCUT2D eigenvalue weighted by molar-refractivity contribution is 5.85. The van der Waals surface area contributed by atoms with Crippen molar-refractivity contribution < 1.29 is 10.3 Å². The van der Waals surface area contributed by atoms with Crippen molar-refractivity contribution in [3.05, 3.63) is 0 Å². The third-order valence-electron chi connectivity index (χ3n) is 1.03. The van der Waals surface area contributed by atoms with Crippen molar-refractivity contribution in [2.24, 2.45) is 5.16 Å². The molecule has 0 heterocycles. The number of nitrogens with zero attached hydrogens (tertiary/aromatic N) is 1. The molecule has 0 rings (SSSR count). The van der Waals surface area contributed by atoms with Crippen LogP contribution in [-0.4, -0.2) is 22.1 Å². The zero-order valence-corrected chi connectivity index (χ0v) is 5.13. The second-order valence-corrected chi connectivity index (χ2v) is 1.67. The molecule has 0 aliphatic carbocycles. The third kappa shape index (κ3) is 1.93. The number of aliphatic hydroxyl groups is 1. The van der Waals surface area contributed by atoms with Crippen molar-refractivity contribution in [1.82, 2.24) is 0 Å². The first kappa shape index (κ1) is 7.43. The smallest absolute Gasteiger partial charge is 0.0948 e. The van der Waals surface area contributed by atoms with Crippen molar-refractivity contribution in [2.75, 3.05) is 0 Å². The van der Waals surface area contributed by atoms with Crippen LogP contribution in [0.15, 0.2) is 5.16 Å². The highest BCUT2D eigenvalue weighted by Gasteiger charge is 2.02. The van der Waals surface area contributed by atoms with Gasteiger partial charge in [-0.2, -0.15) is 0 Å². The summed E-state index contributed by atoms with van der Waals surface area (Å²) in [5.74, 6) is 0. The predicted octanol–water partition coefficient (Wildman–Crippen LogP) is 0.607. The molecule has 0 saturated carbocycles. The number of oxime groups is 1. The first-order valence-corrected chi connectivity index (χ1v) is 2.59. The van der Waals surface area contributed by atoms with E-state index in [1.54, 1.807) is 6.92 Å². The van der Waals surface area contributed by atoms with Crippen LogP contribution < -0.4 is 0 Å². The summed E-state index contributed by atoms with van der Waals surface area (Å²) in [6.07, 6.45) is 0.00981. The molecule has 0 radical (unpaired) electrons. The molecular formula is C5H11NO2. The normalized spacial score (nSPS) is 16.1. The Morgan fingerprint density at radius 2 is 2.25 bits per heavy atom. The SMILES string of the molecule is CCC(O)/C(C)=N\O. The molecule has 48 valence electrons. The Morgan fingerprint density at radius 3 is 2.38 bits per heavy atom. The van der Waals surface area contributed by atoms with Gasteiger partial charge >= 0.3 is 0 Å². The van der Waals surface area contributed by atoms with Crippen LogP contribution in [0.25, 0.3) is 0 Å². The molecule has 0 aliphatic heterocycles. The van der Waals surface area contributed by atoms with Crippen molar-refractivity contribution in [3.63, 3.8) is 0 Å². The molecule has 0 aromatic rings. The van der Waals surface area contributed by atoms with E-state index in [4.69, 9.17) is 10.3 Å². The molecular weight excluding hydrogens is 106 g/mol. The van der Waals surface area contributed by atoms with Gasteiger partial charge in [0, 0.05) is 0 Å². The van der Waals surface area contributed by atoms with Crippen LogP contribution >= 0.6 is 0 Å². The van der Waals surface area contributed by atoms with E-state index in [0.29, 0.717) is 12.1 Å².